The third kappa shape index (κ3) is 2.76. The number of hydrogen-bond acceptors (Lipinski definition) is 1. The summed E-state index contributed by atoms with van der Waals surface area (Å²) in [5, 5.41) is 0. The van der Waals surface area contributed by atoms with E-state index < -0.39 is 0 Å². The number of quaternary nitrogens is 1. The van der Waals surface area contributed by atoms with Gasteiger partial charge in [-0.2, -0.15) is 0 Å². The van der Waals surface area contributed by atoms with Gasteiger partial charge in [0.1, 0.15) is 6.54 Å². The minimum absolute atomic E-state index is 0.908. The normalized spacial score (nSPS) is 36.8. The van der Waals surface area contributed by atoms with Crippen molar-refractivity contribution >= 4 is 0 Å². The van der Waals surface area contributed by atoms with Crippen LogP contribution in [0.4, 0.5) is 0 Å². The van der Waals surface area contributed by atoms with Gasteiger partial charge in [-0.05, 0) is 18.8 Å². The Kier molecular flexibility index (Phi) is 3.53. The zero-order valence-electron chi connectivity index (χ0n) is 8.68. The van der Waals surface area contributed by atoms with E-state index in [1.54, 1.807) is 7.11 Å². The van der Waals surface area contributed by atoms with Crippen molar-refractivity contribution in [3.63, 3.8) is 0 Å². The van der Waals surface area contributed by atoms with E-state index in [0.29, 0.717) is 0 Å². The zero-order valence-corrected chi connectivity index (χ0v) is 8.68. The van der Waals surface area contributed by atoms with Crippen LogP contribution in [0.25, 0.3) is 0 Å². The molecule has 0 aromatic rings. The summed E-state index contributed by atoms with van der Waals surface area (Å²) in [6.45, 7) is 7.13. The standard InChI is InChI=1S/C10H22NO/c1-10-4-6-11(2,7-5-10)8-9-12-3/h10H,4-9H2,1-3H3/q+1. The minimum atomic E-state index is 0.908. The van der Waals surface area contributed by atoms with Crippen molar-refractivity contribution in [1.29, 1.82) is 0 Å². The summed E-state index contributed by atoms with van der Waals surface area (Å²) >= 11 is 0. The SMILES string of the molecule is COCC[N+]1(C)CCC(C)CC1. The van der Waals surface area contributed by atoms with Gasteiger partial charge in [-0.15, -0.1) is 0 Å². The molecule has 0 aliphatic carbocycles. The van der Waals surface area contributed by atoms with Crippen LogP contribution in [0.1, 0.15) is 19.8 Å². The Labute approximate surface area is 76.1 Å². The minimum Gasteiger partial charge on any atom is -0.379 e. The molecule has 0 aromatic heterocycles. The van der Waals surface area contributed by atoms with Crippen molar-refractivity contribution in [2.75, 3.05) is 40.4 Å². The highest BCUT2D eigenvalue weighted by Crippen LogP contribution is 2.20. The van der Waals surface area contributed by atoms with Gasteiger partial charge in [0.2, 0.25) is 0 Å². The molecular weight excluding hydrogens is 150 g/mol. The van der Waals surface area contributed by atoms with Gasteiger partial charge in [0.05, 0.1) is 26.7 Å². The lowest BCUT2D eigenvalue weighted by molar-refractivity contribution is -0.915. The van der Waals surface area contributed by atoms with E-state index in [1.807, 2.05) is 0 Å². The van der Waals surface area contributed by atoms with E-state index in [9.17, 15) is 0 Å². The molecule has 1 rings (SSSR count). The van der Waals surface area contributed by atoms with Crippen LogP contribution in [0.2, 0.25) is 0 Å². The van der Waals surface area contributed by atoms with Crippen molar-refractivity contribution in [1.82, 2.24) is 0 Å². The summed E-state index contributed by atoms with van der Waals surface area (Å²) in [5.74, 6) is 0.943. The van der Waals surface area contributed by atoms with Crippen LogP contribution in [0, 0.1) is 5.92 Å². The molecule has 72 valence electrons. The maximum atomic E-state index is 5.12. The molecule has 1 heterocycles. The maximum Gasteiger partial charge on any atom is 0.102 e. The molecule has 1 fully saturated rings. The number of piperidine rings is 1. The summed E-state index contributed by atoms with van der Waals surface area (Å²) in [7, 11) is 4.14. The first-order valence-corrected chi connectivity index (χ1v) is 4.99. The number of rotatable bonds is 3. The third-order valence-electron chi connectivity index (χ3n) is 3.16. The van der Waals surface area contributed by atoms with Crippen molar-refractivity contribution in [2.24, 2.45) is 5.92 Å². The van der Waals surface area contributed by atoms with Crippen LogP contribution < -0.4 is 0 Å². The molecule has 0 radical (unpaired) electrons. The summed E-state index contributed by atoms with van der Waals surface area (Å²) in [4.78, 5) is 0. The number of likely N-dealkylation sites (tertiary alicyclic amines) is 1. The van der Waals surface area contributed by atoms with Crippen LogP contribution in [-0.2, 0) is 4.74 Å². The van der Waals surface area contributed by atoms with Gasteiger partial charge in [0.25, 0.3) is 0 Å². The second-order valence-electron chi connectivity index (χ2n) is 4.47. The predicted octanol–water partition coefficient (Wildman–Crippen LogP) is 1.51. The predicted molar refractivity (Wildman–Crippen MR) is 51.1 cm³/mol. The molecule has 1 aliphatic rings. The molecule has 0 amide bonds. The van der Waals surface area contributed by atoms with Gasteiger partial charge in [0, 0.05) is 7.11 Å². The molecule has 2 nitrogen and oxygen atoms in total. The molecule has 1 aliphatic heterocycles. The topological polar surface area (TPSA) is 9.23 Å². The fourth-order valence-electron chi connectivity index (χ4n) is 1.86. The highest BCUT2D eigenvalue weighted by Gasteiger charge is 2.27. The lowest BCUT2D eigenvalue weighted by atomic mass is 9.97. The zero-order chi connectivity index (χ0) is 9.03. The molecule has 1 saturated heterocycles. The Bertz CT molecular complexity index is 122. The highest BCUT2D eigenvalue weighted by atomic mass is 16.5. The summed E-state index contributed by atoms with van der Waals surface area (Å²) in [6, 6.07) is 0. The molecule has 0 saturated carbocycles. The number of methoxy groups -OCH3 is 1. The first-order valence-electron chi connectivity index (χ1n) is 4.99. The van der Waals surface area contributed by atoms with Gasteiger partial charge >= 0.3 is 0 Å². The van der Waals surface area contributed by atoms with E-state index in [-0.39, 0.29) is 0 Å². The van der Waals surface area contributed by atoms with Crippen LogP contribution in [-0.4, -0.2) is 44.9 Å². The molecule has 0 aromatic carbocycles. The van der Waals surface area contributed by atoms with Crippen molar-refractivity contribution in [3.05, 3.63) is 0 Å². The monoisotopic (exact) mass is 172 g/mol. The summed E-state index contributed by atoms with van der Waals surface area (Å²) in [6.07, 6.45) is 2.78. The van der Waals surface area contributed by atoms with E-state index in [4.69, 9.17) is 4.74 Å². The molecule has 0 atom stereocenters. The Morgan fingerprint density at radius 3 is 2.42 bits per heavy atom. The maximum absolute atomic E-state index is 5.12. The van der Waals surface area contributed by atoms with Crippen LogP contribution in [0.15, 0.2) is 0 Å². The van der Waals surface area contributed by atoms with Crippen molar-refractivity contribution < 1.29 is 9.22 Å². The Morgan fingerprint density at radius 1 is 1.33 bits per heavy atom. The van der Waals surface area contributed by atoms with Gasteiger partial charge in [0.15, 0.2) is 0 Å². The Morgan fingerprint density at radius 2 is 1.92 bits per heavy atom. The fourth-order valence-corrected chi connectivity index (χ4v) is 1.86. The van der Waals surface area contributed by atoms with Crippen LogP contribution >= 0.6 is 0 Å². The van der Waals surface area contributed by atoms with Gasteiger partial charge in [-0.3, -0.25) is 0 Å². The molecule has 12 heavy (non-hydrogen) atoms. The first-order chi connectivity index (χ1) is 5.66. The quantitative estimate of drug-likeness (QED) is 0.586. The largest absolute Gasteiger partial charge is 0.379 e. The molecule has 0 spiro atoms. The van der Waals surface area contributed by atoms with Gasteiger partial charge in [-0.25, -0.2) is 0 Å². The van der Waals surface area contributed by atoms with Gasteiger partial charge in [-0.1, -0.05) is 6.92 Å². The van der Waals surface area contributed by atoms with Crippen molar-refractivity contribution in [3.8, 4) is 0 Å². The first kappa shape index (κ1) is 10.0. The van der Waals surface area contributed by atoms with Gasteiger partial charge < -0.3 is 9.22 Å². The number of hydrogen-bond donors (Lipinski definition) is 0. The number of likely N-dealkylation sites (N-methyl/N-ethyl adjacent to an activating group) is 1. The summed E-state index contributed by atoms with van der Waals surface area (Å²) in [5.41, 5.74) is 0. The van der Waals surface area contributed by atoms with E-state index in [2.05, 4.69) is 14.0 Å². The third-order valence-corrected chi connectivity index (χ3v) is 3.16. The Balaban J connectivity index is 2.29. The van der Waals surface area contributed by atoms with Crippen LogP contribution in [0.5, 0.6) is 0 Å². The van der Waals surface area contributed by atoms with E-state index >= 15 is 0 Å². The average molecular weight is 172 g/mol. The molecule has 0 bridgehead atoms. The summed E-state index contributed by atoms with van der Waals surface area (Å²) < 4.78 is 6.34. The second kappa shape index (κ2) is 4.24. The second-order valence-corrected chi connectivity index (χ2v) is 4.47. The Hall–Kier alpha value is -0.0800. The van der Waals surface area contributed by atoms with E-state index in [0.717, 1.165) is 12.5 Å². The fraction of sp³-hybridized carbons (Fsp3) is 1.00. The van der Waals surface area contributed by atoms with Crippen LogP contribution in [0.3, 0.4) is 0 Å². The highest BCUT2D eigenvalue weighted by molar-refractivity contribution is 4.59. The smallest absolute Gasteiger partial charge is 0.102 e. The van der Waals surface area contributed by atoms with Crippen molar-refractivity contribution in [2.45, 2.75) is 19.8 Å². The van der Waals surface area contributed by atoms with E-state index in [1.165, 1.54) is 37.0 Å². The lowest BCUT2D eigenvalue weighted by Gasteiger charge is -2.39. The molecule has 0 N–H and O–H groups in total. The average Bonchev–Trinajstić information content (AvgIpc) is 2.08. The molecular formula is C10H22NO+. The number of ether oxygens (including phenoxy) is 1. The lowest BCUT2D eigenvalue weighted by Crippen LogP contribution is -2.51. The number of nitrogens with zero attached hydrogens (tertiary/aromatic N) is 1. The molecule has 2 heteroatoms. The molecule has 0 unspecified atom stereocenters.